The Morgan fingerprint density at radius 2 is 2.12 bits per heavy atom. The van der Waals surface area contributed by atoms with Crippen molar-refractivity contribution in [3.63, 3.8) is 0 Å². The highest BCUT2D eigenvalue weighted by Crippen LogP contribution is 2.33. The number of amides is 1. The molecule has 0 fully saturated rings. The van der Waals surface area contributed by atoms with E-state index in [1.165, 1.54) is 17.8 Å². The number of aryl methyl sites for hydroxylation is 1. The van der Waals surface area contributed by atoms with Gasteiger partial charge in [0.1, 0.15) is 5.76 Å². The minimum absolute atomic E-state index is 0.183. The molecular weight excluding hydrogens is 441 g/mol. The summed E-state index contributed by atoms with van der Waals surface area (Å²) in [6.45, 7) is 2.41. The van der Waals surface area contributed by atoms with Crippen LogP contribution in [-0.2, 0) is 16.7 Å². The third kappa shape index (κ3) is 6.17. The molecule has 1 aromatic carbocycles. The van der Waals surface area contributed by atoms with Crippen LogP contribution in [-0.4, -0.2) is 24.2 Å². The maximum atomic E-state index is 12.9. The van der Waals surface area contributed by atoms with Crippen LogP contribution in [0.3, 0.4) is 0 Å². The third-order valence-electron chi connectivity index (χ3n) is 4.63. The van der Waals surface area contributed by atoms with Gasteiger partial charge in [-0.1, -0.05) is 17.3 Å². The first-order valence-electron chi connectivity index (χ1n) is 9.86. The van der Waals surface area contributed by atoms with Crippen LogP contribution in [0.4, 0.5) is 18.9 Å². The lowest BCUT2D eigenvalue weighted by atomic mass is 10.0. The van der Waals surface area contributed by atoms with E-state index >= 15 is 0 Å². The number of thioether (sulfide) groups is 1. The Hall–Kier alpha value is -3.19. The van der Waals surface area contributed by atoms with E-state index < -0.39 is 17.3 Å². The van der Waals surface area contributed by atoms with Crippen molar-refractivity contribution < 1.29 is 22.5 Å². The summed E-state index contributed by atoms with van der Waals surface area (Å²) >= 11 is 1.50. The predicted octanol–water partition coefficient (Wildman–Crippen LogP) is 4.94. The van der Waals surface area contributed by atoms with Crippen molar-refractivity contribution in [3.05, 3.63) is 69.5 Å². The zero-order valence-corrected chi connectivity index (χ0v) is 18.1. The first kappa shape index (κ1) is 23.5. The van der Waals surface area contributed by atoms with Gasteiger partial charge in [0.05, 0.1) is 28.6 Å². The Labute approximate surface area is 187 Å². The number of alkyl halides is 3. The van der Waals surface area contributed by atoms with Gasteiger partial charge in [0.15, 0.2) is 0 Å². The smallest absolute Gasteiger partial charge is 0.383 e. The van der Waals surface area contributed by atoms with Crippen molar-refractivity contribution >= 4 is 23.4 Å². The molecule has 0 atom stereocenters. The van der Waals surface area contributed by atoms with E-state index in [1.807, 2.05) is 25.1 Å². The molecule has 6 nitrogen and oxygen atoms in total. The number of nitriles is 1. The van der Waals surface area contributed by atoms with Gasteiger partial charge in [-0.25, -0.2) is 0 Å². The minimum atomic E-state index is -4.58. The van der Waals surface area contributed by atoms with E-state index in [0.717, 1.165) is 34.9 Å². The van der Waals surface area contributed by atoms with E-state index in [9.17, 15) is 18.0 Å². The van der Waals surface area contributed by atoms with Crippen LogP contribution in [0.15, 0.2) is 51.4 Å². The lowest BCUT2D eigenvalue weighted by Gasteiger charge is -2.16. The molecule has 0 aliphatic heterocycles. The number of rotatable bonds is 8. The molecule has 0 unspecified atom stereocenters. The van der Waals surface area contributed by atoms with Crippen LogP contribution in [0.25, 0.3) is 0 Å². The number of nitrogens with zero attached hydrogens (tertiary/aromatic N) is 2. The van der Waals surface area contributed by atoms with Gasteiger partial charge in [-0.2, -0.15) is 18.4 Å². The Morgan fingerprint density at radius 3 is 2.81 bits per heavy atom. The number of allylic oxidation sites excluding steroid dienone is 2. The van der Waals surface area contributed by atoms with Gasteiger partial charge in [-0.05, 0) is 38.0 Å². The van der Waals surface area contributed by atoms with Crippen LogP contribution in [0, 0.1) is 18.3 Å². The lowest BCUT2D eigenvalue weighted by Crippen LogP contribution is -2.30. The highest BCUT2D eigenvalue weighted by molar-refractivity contribution is 8.02. The molecule has 10 heteroatoms. The second-order valence-corrected chi connectivity index (χ2v) is 8.08. The number of halogens is 3. The number of carbonyl (C=O) groups is 1. The topological polar surface area (TPSA) is 91.0 Å². The molecule has 0 radical (unpaired) electrons. The molecular formula is C22H21F3N4O2S. The largest absolute Gasteiger partial charge is 0.417 e. The molecule has 2 aromatic rings. The Kier molecular flexibility index (Phi) is 7.64. The van der Waals surface area contributed by atoms with Crippen molar-refractivity contribution in [2.45, 2.75) is 31.7 Å². The fourth-order valence-corrected chi connectivity index (χ4v) is 4.11. The van der Waals surface area contributed by atoms with E-state index in [-0.39, 0.29) is 12.5 Å². The summed E-state index contributed by atoms with van der Waals surface area (Å²) in [4.78, 5) is 13.5. The van der Waals surface area contributed by atoms with Crippen LogP contribution in [0.2, 0.25) is 0 Å². The van der Waals surface area contributed by atoms with Crippen LogP contribution >= 0.6 is 11.8 Å². The van der Waals surface area contributed by atoms with Crippen molar-refractivity contribution in [1.29, 1.82) is 5.26 Å². The molecule has 0 saturated carbocycles. The van der Waals surface area contributed by atoms with E-state index in [0.29, 0.717) is 30.0 Å². The molecule has 3 rings (SSSR count). The molecule has 0 spiro atoms. The average Bonchev–Trinajstić information content (AvgIpc) is 3.19. The van der Waals surface area contributed by atoms with Crippen LogP contribution in [0.5, 0.6) is 0 Å². The fourth-order valence-electron chi connectivity index (χ4n) is 3.12. The minimum Gasteiger partial charge on any atom is -0.383 e. The highest BCUT2D eigenvalue weighted by atomic mass is 32.2. The van der Waals surface area contributed by atoms with Crippen molar-refractivity contribution in [1.82, 2.24) is 10.5 Å². The Morgan fingerprint density at radius 1 is 1.31 bits per heavy atom. The summed E-state index contributed by atoms with van der Waals surface area (Å²) in [6.07, 6.45) is 0.758. The van der Waals surface area contributed by atoms with Crippen LogP contribution in [0.1, 0.15) is 35.4 Å². The molecule has 1 aliphatic carbocycles. The first-order valence-corrected chi connectivity index (χ1v) is 10.8. The number of carbonyl (C=O) groups excluding carboxylic acids is 1. The van der Waals surface area contributed by atoms with Gasteiger partial charge in [0, 0.05) is 35.3 Å². The monoisotopic (exact) mass is 462 g/mol. The number of benzene rings is 1. The van der Waals surface area contributed by atoms with E-state index in [2.05, 4.69) is 15.8 Å². The summed E-state index contributed by atoms with van der Waals surface area (Å²) in [7, 11) is 0. The SMILES string of the molecule is Cc1cc(CSC2=C(C(=O)NCCNc3ccc(C(F)(F)F)c(C#N)c3)CCC=C2)on1. The van der Waals surface area contributed by atoms with Gasteiger partial charge in [-0.3, -0.25) is 4.79 Å². The van der Waals surface area contributed by atoms with Crippen LogP contribution < -0.4 is 10.6 Å². The molecule has 1 heterocycles. The number of anilines is 1. The maximum absolute atomic E-state index is 12.9. The molecule has 1 aliphatic rings. The second-order valence-electron chi connectivity index (χ2n) is 7.06. The van der Waals surface area contributed by atoms with Gasteiger partial charge in [0.2, 0.25) is 5.91 Å². The number of hydrogen-bond acceptors (Lipinski definition) is 6. The summed E-state index contributed by atoms with van der Waals surface area (Å²) < 4.78 is 43.9. The molecule has 1 aromatic heterocycles. The van der Waals surface area contributed by atoms with Gasteiger partial charge < -0.3 is 15.2 Å². The zero-order chi connectivity index (χ0) is 23.1. The molecule has 0 bridgehead atoms. The Bertz CT molecular complexity index is 1080. The van der Waals surface area contributed by atoms with Crippen molar-refractivity contribution in [3.8, 4) is 6.07 Å². The molecule has 0 saturated heterocycles. The quantitative estimate of drug-likeness (QED) is 0.540. The van der Waals surface area contributed by atoms with Gasteiger partial charge in [-0.15, -0.1) is 11.8 Å². The Balaban J connectivity index is 1.53. The second kappa shape index (κ2) is 10.4. The summed E-state index contributed by atoms with van der Waals surface area (Å²) in [5, 5.41) is 18.6. The van der Waals surface area contributed by atoms with Gasteiger partial charge >= 0.3 is 6.18 Å². The molecule has 168 valence electrons. The summed E-state index contributed by atoms with van der Waals surface area (Å²) in [5.41, 5.74) is 0.447. The number of nitrogens with one attached hydrogen (secondary N) is 2. The molecule has 1 amide bonds. The molecule has 32 heavy (non-hydrogen) atoms. The zero-order valence-electron chi connectivity index (χ0n) is 17.3. The van der Waals surface area contributed by atoms with Crippen molar-refractivity contribution in [2.24, 2.45) is 0 Å². The van der Waals surface area contributed by atoms with E-state index in [4.69, 9.17) is 9.78 Å². The first-order chi connectivity index (χ1) is 15.3. The van der Waals surface area contributed by atoms with Gasteiger partial charge in [0.25, 0.3) is 0 Å². The highest BCUT2D eigenvalue weighted by Gasteiger charge is 2.33. The summed E-state index contributed by atoms with van der Waals surface area (Å²) in [6, 6.07) is 6.71. The normalized spacial score (nSPS) is 13.7. The van der Waals surface area contributed by atoms with E-state index in [1.54, 1.807) is 6.07 Å². The standard InChI is InChI=1S/C22H21F3N4O2S/c1-14-10-17(31-29-14)13-32-20-5-3-2-4-18(20)21(30)28-9-8-27-16-6-7-19(22(23,24)25)15(11-16)12-26/h3,5-7,10-11,27H,2,4,8-9,13H2,1H3,(H,28,30). The number of aromatic nitrogens is 1. The predicted molar refractivity (Wildman–Crippen MR) is 116 cm³/mol. The lowest BCUT2D eigenvalue weighted by molar-refractivity contribution is -0.137. The fraction of sp³-hybridized carbons (Fsp3) is 0.318. The molecule has 2 N–H and O–H groups in total. The van der Waals surface area contributed by atoms with Crippen molar-refractivity contribution in [2.75, 3.05) is 18.4 Å². The maximum Gasteiger partial charge on any atom is 0.417 e. The summed E-state index contributed by atoms with van der Waals surface area (Å²) in [5.74, 6) is 1.11. The third-order valence-corrected chi connectivity index (χ3v) is 5.76. The number of hydrogen-bond donors (Lipinski definition) is 2. The average molecular weight is 462 g/mol.